The maximum Gasteiger partial charge on any atom is 0.407 e. The van der Waals surface area contributed by atoms with Gasteiger partial charge in [0, 0.05) is 49.9 Å². The Morgan fingerprint density at radius 1 is 0.623 bits per heavy atom. The quantitative estimate of drug-likeness (QED) is 0.0526. The molecule has 2 amide bonds. The topological polar surface area (TPSA) is 186 Å². The Labute approximate surface area is 353 Å². The van der Waals surface area contributed by atoms with Crippen LogP contribution >= 0.6 is 0 Å². The summed E-state index contributed by atoms with van der Waals surface area (Å²) in [5.41, 5.74) is 0.894. The number of carbonyl (C=O) groups is 4. The van der Waals surface area contributed by atoms with Crippen LogP contribution in [0.3, 0.4) is 0 Å². The minimum absolute atomic E-state index is 0.0163. The summed E-state index contributed by atoms with van der Waals surface area (Å²) in [6.07, 6.45) is -2.97. The molecular weight excluding hydrogens is 801 g/mol. The standard InChI is InChI=1S/C23H28F2N2O4.C20H22F2N2O3.C2H6O/c1-23(2,3)31-22(30)27-19(11-15-9-17(24)12-18(25)10-15)21(29)14-26-13-20(28)16-7-5-4-6-8-16;1-13(25)24-18(9-14-7-16(21)10-17(22)8-14)20(27)12-23-11-19(26)15-5-3-2-4-6-15;1-2-3/h4-10,12,19,21,26,29H,11,13-14H2,1-3H3,(H,27,30);2-8,10,18,20,23,27H,9,11-12H2,1H3,(H,24,25);3H,2H2,1H3/t19-,21+;18-,20+;/m00./s1. The fraction of sp³-hybridized carbons (Fsp3) is 0.378. The molecule has 0 unspecified atom stereocenters. The third-order valence-electron chi connectivity index (χ3n) is 8.25. The number of benzene rings is 4. The van der Waals surface area contributed by atoms with Gasteiger partial charge in [0.1, 0.15) is 28.9 Å². The van der Waals surface area contributed by atoms with Crippen molar-refractivity contribution < 1.29 is 56.8 Å². The number of ketones is 2. The highest BCUT2D eigenvalue weighted by Gasteiger charge is 2.26. The highest BCUT2D eigenvalue weighted by atomic mass is 19.1. The fourth-order valence-corrected chi connectivity index (χ4v) is 5.66. The zero-order chi connectivity index (χ0) is 45.5. The lowest BCUT2D eigenvalue weighted by Crippen LogP contribution is -2.50. The second-order valence-electron chi connectivity index (χ2n) is 14.8. The molecule has 4 aromatic rings. The third-order valence-corrected chi connectivity index (χ3v) is 8.25. The van der Waals surface area contributed by atoms with Crippen LogP contribution in [-0.4, -0.2) is 102 Å². The van der Waals surface area contributed by atoms with Crippen molar-refractivity contribution in [2.45, 2.75) is 77.4 Å². The lowest BCUT2D eigenvalue weighted by atomic mass is 10.0. The molecule has 4 rings (SSSR count). The van der Waals surface area contributed by atoms with Gasteiger partial charge in [-0.1, -0.05) is 60.7 Å². The predicted octanol–water partition coefficient (Wildman–Crippen LogP) is 5.08. The first-order valence-electron chi connectivity index (χ1n) is 19.5. The lowest BCUT2D eigenvalue weighted by Gasteiger charge is -2.27. The Morgan fingerprint density at radius 3 is 1.30 bits per heavy atom. The molecule has 61 heavy (non-hydrogen) atoms. The number of carbonyl (C=O) groups excluding carboxylic acids is 4. The molecule has 0 heterocycles. The van der Waals surface area contributed by atoms with E-state index in [1.807, 2.05) is 0 Å². The smallest absolute Gasteiger partial charge is 0.407 e. The van der Waals surface area contributed by atoms with E-state index in [9.17, 15) is 47.0 Å². The fourth-order valence-electron chi connectivity index (χ4n) is 5.66. The molecule has 0 bridgehead atoms. The maximum absolute atomic E-state index is 13.6. The number of rotatable bonds is 18. The first kappa shape index (κ1) is 51.6. The highest BCUT2D eigenvalue weighted by Crippen LogP contribution is 2.15. The minimum Gasteiger partial charge on any atom is -0.444 e. The molecule has 0 spiro atoms. The number of aliphatic hydroxyl groups is 3. The Morgan fingerprint density at radius 2 is 0.967 bits per heavy atom. The van der Waals surface area contributed by atoms with Crippen LogP contribution in [0.15, 0.2) is 97.1 Å². The maximum atomic E-state index is 13.6. The van der Waals surface area contributed by atoms with Crippen LogP contribution in [0.25, 0.3) is 0 Å². The third kappa shape index (κ3) is 21.5. The van der Waals surface area contributed by atoms with Crippen LogP contribution in [-0.2, 0) is 22.4 Å². The van der Waals surface area contributed by atoms with Gasteiger partial charge in [-0.25, -0.2) is 22.4 Å². The summed E-state index contributed by atoms with van der Waals surface area (Å²) in [7, 11) is 0. The Bertz CT molecular complexity index is 1930. The molecular formula is C45H56F4N4O8. The normalized spacial score (nSPS) is 12.9. The number of hydrogen-bond donors (Lipinski definition) is 7. The molecule has 0 aromatic heterocycles. The monoisotopic (exact) mass is 856 g/mol. The minimum atomic E-state index is -1.15. The van der Waals surface area contributed by atoms with Crippen LogP contribution in [0.2, 0.25) is 0 Å². The molecule has 0 radical (unpaired) electrons. The van der Waals surface area contributed by atoms with Gasteiger partial charge in [-0.3, -0.25) is 14.4 Å². The zero-order valence-electron chi connectivity index (χ0n) is 34.9. The van der Waals surface area contributed by atoms with Crippen molar-refractivity contribution in [2.75, 3.05) is 32.8 Å². The van der Waals surface area contributed by atoms with Crippen molar-refractivity contribution in [1.29, 1.82) is 0 Å². The summed E-state index contributed by atoms with van der Waals surface area (Å²) >= 11 is 0. The van der Waals surface area contributed by atoms with E-state index in [-0.39, 0.29) is 68.7 Å². The summed E-state index contributed by atoms with van der Waals surface area (Å²) in [5, 5.41) is 39.4. The first-order chi connectivity index (χ1) is 28.8. The molecule has 12 nitrogen and oxygen atoms in total. The Hall–Kier alpha value is -5.52. The van der Waals surface area contributed by atoms with Gasteiger partial charge in [-0.2, -0.15) is 0 Å². The number of ether oxygens (including phenoxy) is 1. The van der Waals surface area contributed by atoms with Gasteiger partial charge >= 0.3 is 6.09 Å². The number of alkyl carbamates (subject to hydrolysis) is 1. The number of aliphatic hydroxyl groups excluding tert-OH is 3. The Kier molecular flexibility index (Phi) is 22.5. The van der Waals surface area contributed by atoms with E-state index in [1.54, 1.807) is 88.4 Å². The van der Waals surface area contributed by atoms with Crippen molar-refractivity contribution in [3.8, 4) is 0 Å². The average molecular weight is 857 g/mol. The van der Waals surface area contributed by atoms with Gasteiger partial charge < -0.3 is 41.3 Å². The number of nitrogens with one attached hydrogen (secondary N) is 4. The SMILES string of the molecule is CC(=O)N[C@@H](Cc1cc(F)cc(F)c1)[C@H](O)CNCC(=O)c1ccccc1.CC(C)(C)OC(=O)N[C@@H](Cc1cc(F)cc(F)c1)[C@H](O)CNCC(=O)c1ccccc1.CCO. The summed E-state index contributed by atoms with van der Waals surface area (Å²) in [6.45, 7) is 8.29. The lowest BCUT2D eigenvalue weighted by molar-refractivity contribution is -0.120. The van der Waals surface area contributed by atoms with Crippen molar-refractivity contribution in [3.63, 3.8) is 0 Å². The summed E-state index contributed by atoms with van der Waals surface area (Å²) < 4.78 is 59.0. The van der Waals surface area contributed by atoms with Crippen LogP contribution in [0, 0.1) is 23.3 Å². The summed E-state index contributed by atoms with van der Waals surface area (Å²) in [5.74, 6) is -3.64. The van der Waals surface area contributed by atoms with Gasteiger partial charge in [0.05, 0.1) is 37.4 Å². The van der Waals surface area contributed by atoms with Crippen LogP contribution < -0.4 is 21.3 Å². The molecule has 7 N–H and O–H groups in total. The van der Waals surface area contributed by atoms with Crippen molar-refractivity contribution in [3.05, 3.63) is 143 Å². The predicted molar refractivity (Wildman–Crippen MR) is 223 cm³/mol. The molecule has 4 aromatic carbocycles. The van der Waals surface area contributed by atoms with E-state index in [4.69, 9.17) is 9.84 Å². The van der Waals surface area contributed by atoms with Crippen LogP contribution in [0.4, 0.5) is 22.4 Å². The van der Waals surface area contributed by atoms with E-state index in [1.165, 1.54) is 6.92 Å². The van der Waals surface area contributed by atoms with Crippen molar-refractivity contribution in [1.82, 2.24) is 21.3 Å². The van der Waals surface area contributed by atoms with Crippen molar-refractivity contribution in [2.24, 2.45) is 0 Å². The number of hydrogen-bond acceptors (Lipinski definition) is 10. The molecule has 0 aliphatic rings. The van der Waals surface area contributed by atoms with E-state index in [0.717, 1.165) is 36.4 Å². The molecule has 332 valence electrons. The highest BCUT2D eigenvalue weighted by molar-refractivity contribution is 5.98. The molecule has 4 atom stereocenters. The Balaban J connectivity index is 0.000000398. The molecule has 0 aliphatic heterocycles. The van der Waals surface area contributed by atoms with Gasteiger partial charge in [0.2, 0.25) is 5.91 Å². The summed E-state index contributed by atoms with van der Waals surface area (Å²) in [4.78, 5) is 47.8. The zero-order valence-corrected chi connectivity index (χ0v) is 34.9. The second kappa shape index (κ2) is 26.6. The van der Waals surface area contributed by atoms with E-state index >= 15 is 0 Å². The number of amides is 2. The van der Waals surface area contributed by atoms with Gasteiger partial charge in [0.25, 0.3) is 0 Å². The van der Waals surface area contributed by atoms with E-state index in [2.05, 4.69) is 21.3 Å². The first-order valence-corrected chi connectivity index (χ1v) is 19.5. The molecule has 16 heteroatoms. The van der Waals surface area contributed by atoms with E-state index in [0.29, 0.717) is 16.7 Å². The van der Waals surface area contributed by atoms with Crippen LogP contribution in [0.1, 0.15) is 66.5 Å². The van der Waals surface area contributed by atoms with Gasteiger partial charge in [0.15, 0.2) is 11.6 Å². The van der Waals surface area contributed by atoms with Crippen molar-refractivity contribution >= 4 is 23.6 Å². The second-order valence-corrected chi connectivity index (χ2v) is 14.8. The molecule has 0 saturated carbocycles. The molecule has 0 fully saturated rings. The molecule has 0 saturated heterocycles. The van der Waals surface area contributed by atoms with Gasteiger partial charge in [-0.05, 0) is 75.9 Å². The average Bonchev–Trinajstić information content (AvgIpc) is 3.17. The van der Waals surface area contributed by atoms with E-state index < -0.39 is 59.3 Å². The van der Waals surface area contributed by atoms with Gasteiger partial charge in [-0.15, -0.1) is 0 Å². The number of Topliss-reactive ketones (excluding diaryl/α,β-unsaturated/α-hetero) is 2. The summed E-state index contributed by atoms with van der Waals surface area (Å²) in [6, 6.07) is 21.8. The largest absolute Gasteiger partial charge is 0.444 e. The molecule has 0 aliphatic carbocycles. The van der Waals surface area contributed by atoms with Crippen LogP contribution in [0.5, 0.6) is 0 Å². The number of halogens is 4.